The summed E-state index contributed by atoms with van der Waals surface area (Å²) in [4.78, 5) is 3.77. The van der Waals surface area contributed by atoms with Crippen molar-refractivity contribution < 1.29 is 0 Å². The smallest absolute Gasteiger partial charge is 0.0509 e. The molecule has 1 heteroatoms. The molecule has 0 atom stereocenters. The number of rotatable bonds is 2. The Morgan fingerprint density at radius 1 is 0.512 bits per heavy atom. The van der Waals surface area contributed by atoms with Crippen LogP contribution in [0.15, 0.2) is 103 Å². The second kappa shape index (κ2) is 8.44. The summed E-state index contributed by atoms with van der Waals surface area (Å²) in [7, 11) is 0. The molecule has 7 aromatic rings. The van der Waals surface area contributed by atoms with Gasteiger partial charge in [-0.15, -0.1) is 0 Å². The van der Waals surface area contributed by atoms with Gasteiger partial charge in [-0.3, -0.25) is 0 Å². The van der Waals surface area contributed by atoms with Gasteiger partial charge in [0.2, 0.25) is 0 Å². The van der Waals surface area contributed by atoms with E-state index in [0.717, 1.165) is 0 Å². The van der Waals surface area contributed by atoms with Crippen LogP contribution >= 0.6 is 0 Å². The second-order valence-electron chi connectivity index (χ2n) is 12.5. The van der Waals surface area contributed by atoms with Gasteiger partial charge >= 0.3 is 0 Å². The molecule has 198 valence electrons. The number of fused-ring (bicyclic) bond motifs is 7. The fraction of sp³-hybridized carbons (Fsp3) is 0.150. The van der Waals surface area contributed by atoms with Crippen molar-refractivity contribution in [3.8, 4) is 33.5 Å². The number of aromatic amines is 1. The van der Waals surface area contributed by atoms with Crippen LogP contribution in [0.2, 0.25) is 0 Å². The van der Waals surface area contributed by atoms with Crippen molar-refractivity contribution in [1.82, 2.24) is 4.98 Å². The normalized spacial score (nSPS) is 13.7. The highest BCUT2D eigenvalue weighted by Gasteiger charge is 2.39. The lowest BCUT2D eigenvalue weighted by Crippen LogP contribution is -2.15. The number of hydrogen-bond acceptors (Lipinski definition) is 0. The number of aryl methyl sites for hydroxylation is 3. The van der Waals surface area contributed by atoms with E-state index in [4.69, 9.17) is 0 Å². The summed E-state index contributed by atoms with van der Waals surface area (Å²) in [6.45, 7) is 11.3. The largest absolute Gasteiger partial charge is 0.354 e. The Morgan fingerprint density at radius 3 is 1.71 bits per heavy atom. The summed E-state index contributed by atoms with van der Waals surface area (Å²) < 4.78 is 0. The lowest BCUT2D eigenvalue weighted by molar-refractivity contribution is 0.667. The zero-order valence-electron chi connectivity index (χ0n) is 24.3. The van der Waals surface area contributed by atoms with E-state index in [2.05, 4.69) is 143 Å². The molecule has 41 heavy (non-hydrogen) atoms. The van der Waals surface area contributed by atoms with Gasteiger partial charge in [-0.25, -0.2) is 0 Å². The lowest BCUT2D eigenvalue weighted by atomic mass is 9.79. The van der Waals surface area contributed by atoms with Crippen LogP contribution in [-0.4, -0.2) is 4.98 Å². The number of benzene rings is 6. The quantitative estimate of drug-likeness (QED) is 0.215. The first-order valence-corrected chi connectivity index (χ1v) is 14.6. The minimum atomic E-state index is -0.0998. The molecule has 1 N–H and O–H groups in total. The van der Waals surface area contributed by atoms with Gasteiger partial charge in [0.15, 0.2) is 0 Å². The maximum absolute atomic E-state index is 3.77. The van der Waals surface area contributed by atoms with E-state index in [9.17, 15) is 0 Å². The van der Waals surface area contributed by atoms with Crippen LogP contribution in [0.3, 0.4) is 0 Å². The third-order valence-electron chi connectivity index (χ3n) is 9.27. The van der Waals surface area contributed by atoms with Crippen LogP contribution in [0.5, 0.6) is 0 Å². The topological polar surface area (TPSA) is 15.8 Å². The van der Waals surface area contributed by atoms with E-state index in [1.807, 2.05) is 0 Å². The summed E-state index contributed by atoms with van der Waals surface area (Å²) in [5.74, 6) is 0. The van der Waals surface area contributed by atoms with Gasteiger partial charge in [0, 0.05) is 21.9 Å². The molecular weight excluding hydrogens is 494 g/mol. The molecule has 0 fully saturated rings. The van der Waals surface area contributed by atoms with Crippen molar-refractivity contribution in [2.45, 2.75) is 40.0 Å². The van der Waals surface area contributed by atoms with Crippen molar-refractivity contribution in [3.63, 3.8) is 0 Å². The molecule has 8 rings (SSSR count). The molecule has 0 amide bonds. The molecule has 1 heterocycles. The standard InChI is InChI=1S/C40H33N/c1-23-14-17-35-33(21-23)38-39(41-35)32-16-15-26(22-34(32)40(38,4)5)36-28-10-6-8-12-30(28)37(31-13-9-7-11-29(31)36)27-19-24(2)18-25(3)20-27/h6-22,41H,1-5H3. The van der Waals surface area contributed by atoms with Gasteiger partial charge in [0.05, 0.1) is 5.69 Å². The van der Waals surface area contributed by atoms with E-state index in [1.54, 1.807) is 0 Å². The molecule has 1 aliphatic rings. The van der Waals surface area contributed by atoms with Crippen molar-refractivity contribution in [2.24, 2.45) is 0 Å². The third kappa shape index (κ3) is 3.42. The van der Waals surface area contributed by atoms with Crippen LogP contribution in [0.1, 0.15) is 41.7 Å². The fourth-order valence-electron chi connectivity index (χ4n) is 7.60. The van der Waals surface area contributed by atoms with Crippen LogP contribution < -0.4 is 0 Å². The SMILES string of the molecule is Cc1cc(C)cc(-c2c3ccccc3c(-c3ccc4c(c3)C(C)(C)c3c-4[nH]c4ccc(C)cc34)c3ccccc23)c1. The van der Waals surface area contributed by atoms with Gasteiger partial charge in [-0.2, -0.15) is 0 Å². The van der Waals surface area contributed by atoms with Crippen molar-refractivity contribution >= 4 is 32.4 Å². The average Bonchev–Trinajstić information content (AvgIpc) is 3.43. The number of hydrogen-bond donors (Lipinski definition) is 1. The van der Waals surface area contributed by atoms with Gasteiger partial charge in [0.25, 0.3) is 0 Å². The molecule has 0 aliphatic heterocycles. The van der Waals surface area contributed by atoms with E-state index >= 15 is 0 Å². The molecule has 0 unspecified atom stereocenters. The summed E-state index contributed by atoms with van der Waals surface area (Å²) in [5.41, 5.74) is 15.6. The highest BCUT2D eigenvalue weighted by atomic mass is 14.7. The Hall–Kier alpha value is -4.62. The van der Waals surface area contributed by atoms with E-state index < -0.39 is 0 Å². The summed E-state index contributed by atoms with van der Waals surface area (Å²) in [5, 5.41) is 6.55. The van der Waals surface area contributed by atoms with Gasteiger partial charge in [0.1, 0.15) is 0 Å². The zero-order valence-corrected chi connectivity index (χ0v) is 24.3. The van der Waals surface area contributed by atoms with Crippen LogP contribution in [0, 0.1) is 20.8 Å². The summed E-state index contributed by atoms with van der Waals surface area (Å²) in [6.07, 6.45) is 0. The molecule has 1 nitrogen and oxygen atoms in total. The number of H-pyrrole nitrogens is 1. The third-order valence-corrected chi connectivity index (χ3v) is 9.27. The van der Waals surface area contributed by atoms with E-state index in [-0.39, 0.29) is 5.41 Å². The van der Waals surface area contributed by atoms with Crippen LogP contribution in [0.25, 0.3) is 66.0 Å². The molecule has 0 bridgehead atoms. The van der Waals surface area contributed by atoms with Crippen molar-refractivity contribution in [2.75, 3.05) is 0 Å². The number of nitrogens with one attached hydrogen (secondary N) is 1. The Labute approximate surface area is 241 Å². The molecular formula is C40H33N. The zero-order chi connectivity index (χ0) is 28.0. The average molecular weight is 528 g/mol. The lowest BCUT2D eigenvalue weighted by Gasteiger charge is -2.23. The predicted molar refractivity (Wildman–Crippen MR) is 176 cm³/mol. The highest BCUT2D eigenvalue weighted by molar-refractivity contribution is 6.21. The molecule has 0 spiro atoms. The van der Waals surface area contributed by atoms with E-state index in [0.29, 0.717) is 0 Å². The van der Waals surface area contributed by atoms with E-state index in [1.165, 1.54) is 93.8 Å². The summed E-state index contributed by atoms with van der Waals surface area (Å²) >= 11 is 0. The first-order chi connectivity index (χ1) is 19.8. The molecule has 0 saturated heterocycles. The van der Waals surface area contributed by atoms with Crippen molar-refractivity contribution in [3.05, 3.63) is 131 Å². The maximum atomic E-state index is 3.77. The molecule has 0 saturated carbocycles. The highest BCUT2D eigenvalue weighted by Crippen LogP contribution is 2.53. The summed E-state index contributed by atoms with van der Waals surface area (Å²) in [6, 6.07) is 38.8. The minimum Gasteiger partial charge on any atom is -0.354 e. The Balaban J connectivity index is 1.42. The second-order valence-corrected chi connectivity index (χ2v) is 12.5. The first-order valence-electron chi connectivity index (χ1n) is 14.6. The van der Waals surface area contributed by atoms with Crippen molar-refractivity contribution in [1.29, 1.82) is 0 Å². The molecule has 0 radical (unpaired) electrons. The Bertz CT molecular complexity index is 2130. The molecule has 1 aromatic heterocycles. The predicted octanol–water partition coefficient (Wildman–Crippen LogP) is 11.0. The van der Waals surface area contributed by atoms with Gasteiger partial charge in [-0.05, 0) is 93.9 Å². The number of aromatic nitrogens is 1. The van der Waals surface area contributed by atoms with Gasteiger partial charge in [-0.1, -0.05) is 115 Å². The van der Waals surface area contributed by atoms with Crippen LogP contribution in [-0.2, 0) is 5.41 Å². The Morgan fingerprint density at radius 2 is 1.10 bits per heavy atom. The Kier molecular flexibility index (Phi) is 4.98. The maximum Gasteiger partial charge on any atom is 0.0509 e. The van der Waals surface area contributed by atoms with Gasteiger partial charge < -0.3 is 4.98 Å². The molecule has 6 aromatic carbocycles. The monoisotopic (exact) mass is 527 g/mol. The fourth-order valence-corrected chi connectivity index (χ4v) is 7.60. The van der Waals surface area contributed by atoms with Crippen LogP contribution in [0.4, 0.5) is 0 Å². The molecule has 1 aliphatic carbocycles. The minimum absolute atomic E-state index is 0.0998. The first kappa shape index (κ1) is 24.2.